The van der Waals surface area contributed by atoms with Gasteiger partial charge in [-0.3, -0.25) is 14.4 Å². The van der Waals surface area contributed by atoms with Gasteiger partial charge >= 0.3 is 6.03 Å². The van der Waals surface area contributed by atoms with Crippen LogP contribution in [0.3, 0.4) is 0 Å². The number of rotatable bonds is 10. The smallest absolute Gasteiger partial charge is 0.325 e. The second-order valence-corrected chi connectivity index (χ2v) is 9.92. The fourth-order valence-corrected chi connectivity index (χ4v) is 4.07. The van der Waals surface area contributed by atoms with Gasteiger partial charge < -0.3 is 20.3 Å². The van der Waals surface area contributed by atoms with Crippen LogP contribution in [0.4, 0.5) is 22.0 Å². The van der Waals surface area contributed by atoms with Crippen molar-refractivity contribution in [3.8, 4) is 17.1 Å². The first-order chi connectivity index (χ1) is 18.1. The van der Waals surface area contributed by atoms with Gasteiger partial charge in [0, 0.05) is 32.7 Å². The SMILES string of the molecule is BC(B)(B)NC(=O)c1nnc(N2CCN(CCC=C)C2=O)cc1Nc1cccc(-c2ncn(C)n2)c1OC. The van der Waals surface area contributed by atoms with E-state index in [1.807, 2.05) is 41.7 Å². The molecule has 1 saturated heterocycles. The number of amides is 3. The van der Waals surface area contributed by atoms with E-state index < -0.39 is 11.1 Å². The average molecular weight is 513 g/mol. The van der Waals surface area contributed by atoms with Gasteiger partial charge in [-0.1, -0.05) is 12.1 Å². The number of carbonyl (C=O) groups excluding carboxylic acids is 2. The van der Waals surface area contributed by atoms with Crippen molar-refractivity contribution in [2.45, 2.75) is 11.7 Å². The largest absolute Gasteiger partial charge is 0.494 e. The van der Waals surface area contributed by atoms with Gasteiger partial charge in [-0.15, -0.1) is 16.8 Å². The van der Waals surface area contributed by atoms with Gasteiger partial charge in [0.15, 0.2) is 23.1 Å². The van der Waals surface area contributed by atoms with Crippen molar-refractivity contribution >= 4 is 52.7 Å². The van der Waals surface area contributed by atoms with Crippen LogP contribution in [0.25, 0.3) is 11.4 Å². The molecule has 4 rings (SSSR count). The summed E-state index contributed by atoms with van der Waals surface area (Å²) in [5, 5.41) is 18.6. The zero-order chi connectivity index (χ0) is 27.4. The average Bonchev–Trinajstić information content (AvgIpc) is 3.46. The van der Waals surface area contributed by atoms with Crippen LogP contribution in [0.2, 0.25) is 0 Å². The summed E-state index contributed by atoms with van der Waals surface area (Å²) in [6.45, 7) is 5.33. The number of aromatic nitrogens is 5. The third-order valence-corrected chi connectivity index (χ3v) is 5.79. The Bertz CT molecular complexity index is 1360. The molecule has 38 heavy (non-hydrogen) atoms. The standard InChI is InChI=1S/C23H30B3N9O3/c1-4-5-9-34-10-11-35(22(34)37)17-12-16(18(31-30-17)21(36)29-23(24,25)26)28-15-8-6-7-14(19(15)38-3)20-27-13-33(2)32-20/h4,6-8,12-13H,1,5,9-11,24-26H2,2-3H3,(H,28,30)(H,29,36). The van der Waals surface area contributed by atoms with Crippen LogP contribution in [0, 0.1) is 0 Å². The molecule has 194 valence electrons. The van der Waals surface area contributed by atoms with Gasteiger partial charge in [0.2, 0.25) is 0 Å². The van der Waals surface area contributed by atoms with E-state index in [4.69, 9.17) is 4.74 Å². The summed E-state index contributed by atoms with van der Waals surface area (Å²) < 4.78 is 7.33. The second-order valence-electron chi connectivity index (χ2n) is 9.92. The van der Waals surface area contributed by atoms with Gasteiger partial charge in [0.25, 0.3) is 5.91 Å². The van der Waals surface area contributed by atoms with Crippen LogP contribution >= 0.6 is 0 Å². The van der Waals surface area contributed by atoms with Crippen LogP contribution in [0.1, 0.15) is 16.9 Å². The van der Waals surface area contributed by atoms with Gasteiger partial charge in [-0.05, 0) is 23.8 Å². The monoisotopic (exact) mass is 513 g/mol. The first kappa shape index (κ1) is 26.8. The maximum absolute atomic E-state index is 13.2. The summed E-state index contributed by atoms with van der Waals surface area (Å²) in [6, 6.07) is 6.99. The molecule has 3 aromatic rings. The molecule has 0 bridgehead atoms. The molecule has 1 fully saturated rings. The molecule has 0 spiro atoms. The number of hydrogen-bond acceptors (Lipinski definition) is 8. The Morgan fingerprint density at radius 3 is 2.68 bits per heavy atom. The van der Waals surface area contributed by atoms with Crippen molar-refractivity contribution in [1.82, 2.24) is 35.2 Å². The minimum absolute atomic E-state index is 0.0854. The lowest BCUT2D eigenvalue weighted by Crippen LogP contribution is -2.50. The van der Waals surface area contributed by atoms with Crippen LogP contribution < -0.4 is 20.3 Å². The molecule has 0 unspecified atom stereocenters. The Labute approximate surface area is 224 Å². The zero-order valence-electron chi connectivity index (χ0n) is 22.4. The third-order valence-electron chi connectivity index (χ3n) is 5.79. The molecule has 0 atom stereocenters. The van der Waals surface area contributed by atoms with Crippen LogP contribution in [-0.4, -0.2) is 97.3 Å². The first-order valence-electron chi connectivity index (χ1n) is 12.3. The number of methoxy groups -OCH3 is 1. The highest BCUT2D eigenvalue weighted by atomic mass is 16.5. The number of ether oxygens (including phenoxy) is 1. The van der Waals surface area contributed by atoms with Crippen molar-refractivity contribution in [2.24, 2.45) is 7.05 Å². The summed E-state index contributed by atoms with van der Waals surface area (Å²) >= 11 is 0. The molecule has 2 N–H and O–H groups in total. The molecule has 0 saturated carbocycles. The quantitative estimate of drug-likeness (QED) is 0.263. The van der Waals surface area contributed by atoms with Gasteiger partial charge in [-0.2, -0.15) is 5.10 Å². The van der Waals surface area contributed by atoms with E-state index in [-0.39, 0.29) is 11.7 Å². The van der Waals surface area contributed by atoms with Crippen molar-refractivity contribution in [1.29, 1.82) is 0 Å². The maximum Gasteiger partial charge on any atom is 0.325 e. The van der Waals surface area contributed by atoms with Crippen molar-refractivity contribution in [3.63, 3.8) is 0 Å². The minimum Gasteiger partial charge on any atom is -0.494 e. The zero-order valence-corrected chi connectivity index (χ0v) is 22.4. The van der Waals surface area contributed by atoms with Gasteiger partial charge in [-0.25, -0.2) is 9.78 Å². The number of nitrogens with one attached hydrogen (secondary N) is 2. The summed E-state index contributed by atoms with van der Waals surface area (Å²) in [5.74, 6) is 0.926. The molecule has 3 amide bonds. The number of hydrogen-bond donors (Lipinski definition) is 2. The molecule has 3 heterocycles. The topological polar surface area (TPSA) is 130 Å². The number of nitrogens with zero attached hydrogens (tertiary/aromatic N) is 7. The second kappa shape index (κ2) is 11.0. The molecule has 0 radical (unpaired) electrons. The van der Waals surface area contributed by atoms with Crippen molar-refractivity contribution in [2.75, 3.05) is 37.0 Å². The maximum atomic E-state index is 13.2. The van der Waals surface area contributed by atoms with E-state index in [1.54, 1.807) is 47.1 Å². The van der Waals surface area contributed by atoms with Crippen LogP contribution in [0.5, 0.6) is 5.75 Å². The lowest BCUT2D eigenvalue weighted by Gasteiger charge is -2.22. The number of urea groups is 1. The fraction of sp³-hybridized carbons (Fsp3) is 0.304. The van der Waals surface area contributed by atoms with E-state index in [0.717, 1.165) is 0 Å². The predicted octanol–water partition coefficient (Wildman–Crippen LogP) is -0.917. The lowest BCUT2D eigenvalue weighted by molar-refractivity contribution is 0.0947. The Balaban J connectivity index is 1.74. The lowest BCUT2D eigenvalue weighted by atomic mass is 9.49. The number of carbonyl (C=O) groups is 2. The molecule has 0 aliphatic carbocycles. The highest BCUT2D eigenvalue weighted by Gasteiger charge is 2.31. The van der Waals surface area contributed by atoms with Gasteiger partial charge in [0.1, 0.15) is 29.9 Å². The van der Waals surface area contributed by atoms with Crippen LogP contribution in [0.15, 0.2) is 43.2 Å². The molecule has 2 aromatic heterocycles. The van der Waals surface area contributed by atoms with E-state index in [9.17, 15) is 9.59 Å². The number of para-hydroxylation sites is 1. The molecule has 1 aromatic carbocycles. The van der Waals surface area contributed by atoms with Crippen LogP contribution in [-0.2, 0) is 7.05 Å². The number of aryl methyl sites for hydroxylation is 1. The van der Waals surface area contributed by atoms with E-state index >= 15 is 0 Å². The van der Waals surface area contributed by atoms with Crippen molar-refractivity contribution < 1.29 is 14.3 Å². The van der Waals surface area contributed by atoms with E-state index in [0.29, 0.717) is 60.4 Å². The van der Waals surface area contributed by atoms with E-state index in [1.165, 1.54) is 0 Å². The molecule has 12 nitrogen and oxygen atoms in total. The minimum atomic E-state index is -0.493. The molecular formula is C23H30B3N9O3. The highest BCUT2D eigenvalue weighted by molar-refractivity contribution is 6.60. The molecule has 1 aliphatic heterocycles. The van der Waals surface area contributed by atoms with Crippen molar-refractivity contribution in [3.05, 3.63) is 48.9 Å². The Kier molecular flexibility index (Phi) is 7.74. The molecule has 1 aliphatic rings. The number of anilines is 3. The fourth-order valence-electron chi connectivity index (χ4n) is 4.07. The highest BCUT2D eigenvalue weighted by Crippen LogP contribution is 2.37. The van der Waals surface area contributed by atoms with Gasteiger partial charge in [0.05, 0.1) is 24.0 Å². The molecular weight excluding hydrogens is 483 g/mol. The van der Waals surface area contributed by atoms with E-state index in [2.05, 4.69) is 37.5 Å². The first-order valence-corrected chi connectivity index (χ1v) is 12.3. The Morgan fingerprint density at radius 2 is 2.03 bits per heavy atom. The normalized spacial score (nSPS) is 13.5. The summed E-state index contributed by atoms with van der Waals surface area (Å²) in [5.41, 5.74) is 1.70. The predicted molar refractivity (Wildman–Crippen MR) is 153 cm³/mol. The Morgan fingerprint density at radius 1 is 1.24 bits per heavy atom. The summed E-state index contributed by atoms with van der Waals surface area (Å²) in [4.78, 5) is 33.8. The molecule has 15 heteroatoms. The Hall–Kier alpha value is -4.29. The number of benzene rings is 1. The summed E-state index contributed by atoms with van der Waals surface area (Å²) in [7, 11) is 8.98. The third kappa shape index (κ3) is 5.82. The summed E-state index contributed by atoms with van der Waals surface area (Å²) in [6.07, 6.45) is 4.09.